The third kappa shape index (κ3) is 7.69. The maximum Gasteiger partial charge on any atom is 0.180 e. The summed E-state index contributed by atoms with van der Waals surface area (Å²) in [5.74, 6) is 0.484. The van der Waals surface area contributed by atoms with Crippen molar-refractivity contribution in [3.05, 3.63) is 57.3 Å². The molecule has 0 aromatic heterocycles. The quantitative estimate of drug-likeness (QED) is 0.334. The third-order valence-corrected chi connectivity index (χ3v) is 5.38. The summed E-state index contributed by atoms with van der Waals surface area (Å²) in [6.45, 7) is 3.87. The minimum absolute atomic E-state index is 0.0305. The van der Waals surface area contributed by atoms with Crippen molar-refractivity contribution in [2.45, 2.75) is 58.6 Å². The molecule has 160 valence electrons. The van der Waals surface area contributed by atoms with Gasteiger partial charge in [0.2, 0.25) is 0 Å². The Hall–Kier alpha value is -1.49. The Labute approximate surface area is 183 Å². The third-order valence-electron chi connectivity index (χ3n) is 4.75. The highest BCUT2D eigenvalue weighted by Crippen LogP contribution is 2.37. The van der Waals surface area contributed by atoms with E-state index < -0.39 is 5.82 Å². The van der Waals surface area contributed by atoms with Crippen LogP contribution in [0.3, 0.4) is 0 Å². The smallest absolute Gasteiger partial charge is 0.180 e. The fourth-order valence-corrected chi connectivity index (χ4v) is 3.60. The highest BCUT2D eigenvalue weighted by molar-refractivity contribution is 6.32. The lowest BCUT2D eigenvalue weighted by Gasteiger charge is -2.15. The number of ether oxygens (including phenoxy) is 2. The van der Waals surface area contributed by atoms with Crippen LogP contribution in [0.4, 0.5) is 4.39 Å². The Bertz CT molecular complexity index is 751. The molecule has 29 heavy (non-hydrogen) atoms. The molecule has 0 saturated heterocycles. The first-order valence-electron chi connectivity index (χ1n) is 10.2. The predicted octanol–water partition coefficient (Wildman–Crippen LogP) is 7.17. The zero-order valence-corrected chi connectivity index (χ0v) is 18.7. The Balaban J connectivity index is 1.90. The summed E-state index contributed by atoms with van der Waals surface area (Å²) in [6.07, 6.45) is 7.63. The predicted molar refractivity (Wildman–Crippen MR) is 119 cm³/mol. The van der Waals surface area contributed by atoms with E-state index in [1.807, 2.05) is 12.1 Å². The number of rotatable bonds is 13. The van der Waals surface area contributed by atoms with E-state index in [9.17, 15) is 4.39 Å². The summed E-state index contributed by atoms with van der Waals surface area (Å²) in [5.41, 5.74) is 1.30. The molecule has 0 fully saturated rings. The van der Waals surface area contributed by atoms with Crippen LogP contribution in [0, 0.1) is 5.82 Å². The number of nitrogens with one attached hydrogen (secondary N) is 1. The van der Waals surface area contributed by atoms with Gasteiger partial charge < -0.3 is 14.8 Å². The minimum Gasteiger partial charge on any atom is -0.493 e. The van der Waals surface area contributed by atoms with Crippen molar-refractivity contribution in [1.82, 2.24) is 5.32 Å². The summed E-state index contributed by atoms with van der Waals surface area (Å²) in [7, 11) is 1.56. The van der Waals surface area contributed by atoms with E-state index >= 15 is 0 Å². The monoisotopic (exact) mass is 441 g/mol. The van der Waals surface area contributed by atoms with E-state index in [1.165, 1.54) is 44.6 Å². The molecule has 0 aliphatic carbocycles. The van der Waals surface area contributed by atoms with Crippen LogP contribution in [0.1, 0.15) is 56.6 Å². The minimum atomic E-state index is -0.414. The molecule has 0 atom stereocenters. The van der Waals surface area contributed by atoms with E-state index in [-0.39, 0.29) is 12.2 Å². The number of methoxy groups -OCH3 is 1. The molecule has 6 heteroatoms. The van der Waals surface area contributed by atoms with Gasteiger partial charge in [-0.1, -0.05) is 68.3 Å². The van der Waals surface area contributed by atoms with Gasteiger partial charge in [0.15, 0.2) is 11.5 Å². The van der Waals surface area contributed by atoms with Crippen LogP contribution >= 0.6 is 23.2 Å². The standard InChI is InChI=1S/C23H30Cl2FNO2/c1-3-4-5-6-7-8-12-27-15-17-13-20(25)23(22(14-17)28-2)29-16-18-19(24)10-9-11-21(18)26/h9-11,13-14,27H,3-8,12,15-16H2,1-2H3. The zero-order valence-electron chi connectivity index (χ0n) is 17.2. The topological polar surface area (TPSA) is 30.5 Å². The molecular weight excluding hydrogens is 412 g/mol. The van der Waals surface area contributed by atoms with Crippen LogP contribution in [0.25, 0.3) is 0 Å². The van der Waals surface area contributed by atoms with Crippen LogP contribution in [-0.4, -0.2) is 13.7 Å². The molecular formula is C23H30Cl2FNO2. The summed E-state index contributed by atoms with van der Waals surface area (Å²) in [6, 6.07) is 8.26. The summed E-state index contributed by atoms with van der Waals surface area (Å²) >= 11 is 12.5. The molecule has 2 rings (SSSR count). The lowest BCUT2D eigenvalue weighted by molar-refractivity contribution is 0.280. The fourth-order valence-electron chi connectivity index (χ4n) is 3.09. The first kappa shape index (κ1) is 23.8. The molecule has 2 aromatic rings. The SMILES string of the molecule is CCCCCCCCNCc1cc(Cl)c(OCc2c(F)cccc2Cl)c(OC)c1. The van der Waals surface area contributed by atoms with Gasteiger partial charge in [-0.15, -0.1) is 0 Å². The van der Waals surface area contributed by atoms with Gasteiger partial charge in [0.05, 0.1) is 17.2 Å². The van der Waals surface area contributed by atoms with Crippen molar-refractivity contribution < 1.29 is 13.9 Å². The van der Waals surface area contributed by atoms with Crippen LogP contribution in [0.2, 0.25) is 10.0 Å². The number of hydrogen-bond donors (Lipinski definition) is 1. The van der Waals surface area contributed by atoms with Gasteiger partial charge in [0.1, 0.15) is 12.4 Å². The number of benzene rings is 2. The number of unbranched alkanes of at least 4 members (excludes halogenated alkanes) is 5. The largest absolute Gasteiger partial charge is 0.493 e. The van der Waals surface area contributed by atoms with Crippen molar-refractivity contribution in [2.75, 3.05) is 13.7 Å². The molecule has 0 radical (unpaired) electrons. The van der Waals surface area contributed by atoms with Crippen LogP contribution in [0.5, 0.6) is 11.5 Å². The maximum atomic E-state index is 14.0. The van der Waals surface area contributed by atoms with E-state index in [4.69, 9.17) is 32.7 Å². The van der Waals surface area contributed by atoms with Gasteiger partial charge in [-0.25, -0.2) is 4.39 Å². The molecule has 0 amide bonds. The van der Waals surface area contributed by atoms with Crippen LogP contribution < -0.4 is 14.8 Å². The van der Waals surface area contributed by atoms with E-state index in [0.29, 0.717) is 28.1 Å². The lowest BCUT2D eigenvalue weighted by Crippen LogP contribution is -2.14. The molecule has 0 unspecified atom stereocenters. The Morgan fingerprint density at radius 1 is 1.00 bits per heavy atom. The van der Waals surface area contributed by atoms with Crippen molar-refractivity contribution >= 4 is 23.2 Å². The van der Waals surface area contributed by atoms with Crippen molar-refractivity contribution in [1.29, 1.82) is 0 Å². The molecule has 0 spiro atoms. The highest BCUT2D eigenvalue weighted by atomic mass is 35.5. The highest BCUT2D eigenvalue weighted by Gasteiger charge is 2.14. The number of hydrogen-bond acceptors (Lipinski definition) is 3. The van der Waals surface area contributed by atoms with Gasteiger partial charge in [-0.3, -0.25) is 0 Å². The summed E-state index contributed by atoms with van der Waals surface area (Å²) in [4.78, 5) is 0. The molecule has 0 heterocycles. The van der Waals surface area contributed by atoms with Crippen molar-refractivity contribution in [3.63, 3.8) is 0 Å². The molecule has 0 bridgehead atoms. The molecule has 0 saturated carbocycles. The second-order valence-corrected chi connectivity index (χ2v) is 7.86. The van der Waals surface area contributed by atoms with E-state index in [1.54, 1.807) is 19.2 Å². The maximum absolute atomic E-state index is 14.0. The first-order chi connectivity index (χ1) is 14.1. The second kappa shape index (κ2) is 12.9. The van der Waals surface area contributed by atoms with Crippen LogP contribution in [0.15, 0.2) is 30.3 Å². The number of halogens is 3. The average molecular weight is 442 g/mol. The molecule has 0 aliphatic heterocycles. The van der Waals surface area contributed by atoms with Crippen molar-refractivity contribution in [2.24, 2.45) is 0 Å². The Morgan fingerprint density at radius 2 is 1.76 bits per heavy atom. The Morgan fingerprint density at radius 3 is 2.48 bits per heavy atom. The normalized spacial score (nSPS) is 10.9. The van der Waals surface area contributed by atoms with Crippen LogP contribution in [-0.2, 0) is 13.2 Å². The van der Waals surface area contributed by atoms with Gasteiger partial charge in [0, 0.05) is 12.1 Å². The van der Waals surface area contributed by atoms with Gasteiger partial charge in [-0.05, 0) is 42.8 Å². The van der Waals surface area contributed by atoms with Gasteiger partial charge in [0.25, 0.3) is 0 Å². The molecule has 2 aromatic carbocycles. The molecule has 0 aliphatic rings. The zero-order chi connectivity index (χ0) is 21.1. The Kier molecular flexibility index (Phi) is 10.6. The first-order valence-corrected chi connectivity index (χ1v) is 10.9. The van der Waals surface area contributed by atoms with E-state index in [0.717, 1.165) is 12.1 Å². The van der Waals surface area contributed by atoms with Gasteiger partial charge >= 0.3 is 0 Å². The molecule has 3 nitrogen and oxygen atoms in total. The molecule has 1 N–H and O–H groups in total. The lowest BCUT2D eigenvalue weighted by atomic mass is 10.1. The second-order valence-electron chi connectivity index (χ2n) is 7.04. The summed E-state index contributed by atoms with van der Waals surface area (Å²) in [5, 5.41) is 4.18. The fraction of sp³-hybridized carbons (Fsp3) is 0.478. The van der Waals surface area contributed by atoms with Crippen molar-refractivity contribution in [3.8, 4) is 11.5 Å². The van der Waals surface area contributed by atoms with Gasteiger partial charge in [-0.2, -0.15) is 0 Å². The average Bonchev–Trinajstić information content (AvgIpc) is 2.70. The van der Waals surface area contributed by atoms with E-state index in [2.05, 4.69) is 12.2 Å². The summed E-state index contributed by atoms with van der Waals surface area (Å²) < 4.78 is 25.1.